The topological polar surface area (TPSA) is 32.7 Å². The second-order valence-electron chi connectivity index (χ2n) is 7.61. The highest BCUT2D eigenvalue weighted by Gasteiger charge is 2.44. The van der Waals surface area contributed by atoms with E-state index in [2.05, 4.69) is 59.2 Å². The molecule has 5 rings (SSSR count). The first-order valence-corrected chi connectivity index (χ1v) is 9.70. The summed E-state index contributed by atoms with van der Waals surface area (Å²) in [4.78, 5) is 2.33. The van der Waals surface area contributed by atoms with Gasteiger partial charge in [0.15, 0.2) is 5.60 Å². The van der Waals surface area contributed by atoms with Crippen LogP contribution < -0.4 is 0 Å². The van der Waals surface area contributed by atoms with E-state index in [0.29, 0.717) is 25.5 Å². The van der Waals surface area contributed by atoms with E-state index in [1.54, 1.807) is 0 Å². The molecule has 4 aliphatic rings. The Kier molecular flexibility index (Phi) is 4.75. The molecule has 26 heavy (non-hydrogen) atoms. The lowest BCUT2D eigenvalue weighted by atomic mass is 9.75. The van der Waals surface area contributed by atoms with Crippen molar-refractivity contribution in [3.05, 3.63) is 54.1 Å². The Labute approximate surface area is 156 Å². The molecule has 3 nitrogen and oxygen atoms in total. The van der Waals surface area contributed by atoms with Gasteiger partial charge in [-0.2, -0.15) is 0 Å². The second kappa shape index (κ2) is 7.04. The molecule has 0 radical (unpaired) electrons. The maximum Gasteiger partial charge on any atom is 0.151 e. The molecule has 0 spiro atoms. The van der Waals surface area contributed by atoms with Crippen LogP contribution in [0.15, 0.2) is 48.6 Å². The number of rotatable bonds is 3. The lowest BCUT2D eigenvalue weighted by Gasteiger charge is -2.48. The molecule has 3 fully saturated rings. The minimum Gasteiger partial charge on any atom is -0.376 e. The second-order valence-corrected chi connectivity index (χ2v) is 7.61. The average molecular weight is 349 g/mol. The summed E-state index contributed by atoms with van der Waals surface area (Å²) in [5, 5.41) is 11.1. The zero-order valence-corrected chi connectivity index (χ0v) is 15.4. The van der Waals surface area contributed by atoms with E-state index in [0.717, 1.165) is 25.9 Å². The fraction of sp³-hybridized carbons (Fsp3) is 0.478. The number of hydrogen-bond acceptors (Lipinski definition) is 3. The lowest BCUT2D eigenvalue weighted by molar-refractivity contribution is -0.0718. The van der Waals surface area contributed by atoms with Crippen molar-refractivity contribution in [3.63, 3.8) is 0 Å². The standard InChI is InChI=1S/C23H27NO2/c1-2-26-22(12-8-20(9-13-22)19-6-4-3-5-7-19)14-15-23(25)18-24-16-10-21(23)11-17-24/h3-9,12,21,25H,2,10-11,13,16-18H2,1H3. The molecule has 1 N–H and O–H groups in total. The molecule has 2 unspecified atom stereocenters. The van der Waals surface area contributed by atoms with E-state index in [1.165, 1.54) is 11.1 Å². The molecule has 0 saturated carbocycles. The van der Waals surface area contributed by atoms with E-state index >= 15 is 0 Å². The van der Waals surface area contributed by atoms with Crippen molar-refractivity contribution in [2.75, 3.05) is 26.2 Å². The maximum atomic E-state index is 11.1. The molecule has 2 bridgehead atoms. The average Bonchev–Trinajstić information content (AvgIpc) is 2.69. The fourth-order valence-electron chi connectivity index (χ4n) is 4.35. The molecule has 0 amide bonds. The van der Waals surface area contributed by atoms with Crippen molar-refractivity contribution in [2.24, 2.45) is 5.92 Å². The molecule has 3 saturated heterocycles. The molecular formula is C23H27NO2. The quantitative estimate of drug-likeness (QED) is 0.850. The van der Waals surface area contributed by atoms with E-state index < -0.39 is 11.2 Å². The summed E-state index contributed by atoms with van der Waals surface area (Å²) < 4.78 is 6.04. The normalized spacial score (nSPS) is 35.5. The minimum atomic E-state index is -0.891. The fourth-order valence-corrected chi connectivity index (χ4v) is 4.35. The van der Waals surface area contributed by atoms with Gasteiger partial charge in [0.2, 0.25) is 0 Å². The van der Waals surface area contributed by atoms with Crippen molar-refractivity contribution >= 4 is 5.57 Å². The van der Waals surface area contributed by atoms with Gasteiger partial charge in [0.05, 0.1) is 0 Å². The number of piperidine rings is 3. The molecule has 1 aromatic rings. The monoisotopic (exact) mass is 349 g/mol. The molecule has 3 heterocycles. The zero-order valence-electron chi connectivity index (χ0n) is 15.4. The van der Waals surface area contributed by atoms with Crippen LogP contribution in [0.25, 0.3) is 5.57 Å². The summed E-state index contributed by atoms with van der Waals surface area (Å²) in [6, 6.07) is 10.4. The first-order valence-electron chi connectivity index (χ1n) is 9.70. The molecule has 2 atom stereocenters. The van der Waals surface area contributed by atoms with Crippen molar-refractivity contribution < 1.29 is 9.84 Å². The smallest absolute Gasteiger partial charge is 0.151 e. The predicted octanol–water partition coefficient (Wildman–Crippen LogP) is 3.27. The summed E-state index contributed by atoms with van der Waals surface area (Å²) in [7, 11) is 0. The number of allylic oxidation sites excluding steroid dienone is 2. The zero-order chi connectivity index (χ0) is 18.0. The van der Waals surface area contributed by atoms with Crippen molar-refractivity contribution in [1.82, 2.24) is 4.90 Å². The van der Waals surface area contributed by atoms with Crippen molar-refractivity contribution in [1.29, 1.82) is 0 Å². The highest BCUT2D eigenvalue weighted by molar-refractivity contribution is 5.75. The van der Waals surface area contributed by atoms with Crippen LogP contribution in [0, 0.1) is 17.8 Å². The predicted molar refractivity (Wildman–Crippen MR) is 104 cm³/mol. The Hall–Kier alpha value is -1.86. The van der Waals surface area contributed by atoms with Crippen molar-refractivity contribution in [3.8, 4) is 11.8 Å². The highest BCUT2D eigenvalue weighted by Crippen LogP contribution is 2.36. The number of hydrogen-bond donors (Lipinski definition) is 1. The maximum absolute atomic E-state index is 11.1. The third kappa shape index (κ3) is 3.38. The molecule has 136 valence electrons. The Morgan fingerprint density at radius 1 is 1.19 bits per heavy atom. The van der Waals surface area contributed by atoms with Gasteiger partial charge in [-0.05, 0) is 50.1 Å². The number of ether oxygens (including phenoxy) is 1. The third-order valence-electron chi connectivity index (χ3n) is 5.88. The van der Waals surface area contributed by atoms with Gasteiger partial charge in [-0.1, -0.05) is 54.3 Å². The van der Waals surface area contributed by atoms with Gasteiger partial charge in [-0.25, -0.2) is 0 Å². The summed E-state index contributed by atoms with van der Waals surface area (Å²) in [5.74, 6) is 6.85. The molecule has 0 aromatic heterocycles. The first kappa shape index (κ1) is 17.5. The van der Waals surface area contributed by atoms with E-state index in [4.69, 9.17) is 4.74 Å². The highest BCUT2D eigenvalue weighted by atomic mass is 16.5. The molecule has 1 aliphatic carbocycles. The first-order chi connectivity index (χ1) is 12.6. The lowest BCUT2D eigenvalue weighted by Crippen LogP contribution is -2.58. The Balaban J connectivity index is 1.56. The van der Waals surface area contributed by atoms with Crippen LogP contribution in [0.4, 0.5) is 0 Å². The largest absolute Gasteiger partial charge is 0.376 e. The summed E-state index contributed by atoms with van der Waals surface area (Å²) >= 11 is 0. The Bertz CT molecular complexity index is 764. The van der Waals surface area contributed by atoms with Crippen LogP contribution in [-0.4, -0.2) is 47.4 Å². The van der Waals surface area contributed by atoms with Crippen molar-refractivity contribution in [2.45, 2.75) is 37.4 Å². The van der Waals surface area contributed by atoms with Crippen LogP contribution >= 0.6 is 0 Å². The van der Waals surface area contributed by atoms with Gasteiger partial charge in [-0.15, -0.1) is 0 Å². The van der Waals surface area contributed by atoms with Gasteiger partial charge in [-0.3, -0.25) is 4.90 Å². The number of benzene rings is 1. The SMILES string of the molecule is CCOC1(C#CC2(O)CN3CCC2CC3)C=CC(c2ccccc2)=CC1. The van der Waals surface area contributed by atoms with Crippen LogP contribution in [0.1, 0.15) is 31.7 Å². The molecule has 1 aromatic carbocycles. The molecular weight excluding hydrogens is 322 g/mol. The van der Waals surface area contributed by atoms with Gasteiger partial charge in [0.1, 0.15) is 5.60 Å². The van der Waals surface area contributed by atoms with E-state index in [-0.39, 0.29) is 0 Å². The summed E-state index contributed by atoms with van der Waals surface area (Å²) in [5.41, 5.74) is 0.884. The Morgan fingerprint density at radius 3 is 2.54 bits per heavy atom. The van der Waals surface area contributed by atoms with Crippen LogP contribution in [-0.2, 0) is 4.74 Å². The number of fused-ring (bicyclic) bond motifs is 3. The summed E-state index contributed by atoms with van der Waals surface area (Å²) in [6.45, 7) is 5.45. The molecule has 3 aliphatic heterocycles. The Morgan fingerprint density at radius 2 is 1.96 bits per heavy atom. The third-order valence-corrected chi connectivity index (χ3v) is 5.88. The van der Waals surface area contributed by atoms with E-state index in [1.807, 2.05) is 13.0 Å². The number of nitrogens with zero attached hydrogens (tertiary/aromatic N) is 1. The van der Waals surface area contributed by atoms with Gasteiger partial charge < -0.3 is 9.84 Å². The van der Waals surface area contributed by atoms with Crippen LogP contribution in [0.3, 0.4) is 0 Å². The number of aliphatic hydroxyl groups is 1. The van der Waals surface area contributed by atoms with Gasteiger partial charge >= 0.3 is 0 Å². The van der Waals surface area contributed by atoms with Gasteiger partial charge in [0.25, 0.3) is 0 Å². The van der Waals surface area contributed by atoms with Crippen LogP contribution in [0.5, 0.6) is 0 Å². The summed E-state index contributed by atoms with van der Waals surface area (Å²) in [6.07, 6.45) is 9.15. The van der Waals surface area contributed by atoms with Gasteiger partial charge in [0, 0.05) is 25.5 Å². The van der Waals surface area contributed by atoms with Crippen LogP contribution in [0.2, 0.25) is 0 Å². The minimum absolute atomic E-state index is 0.293. The van der Waals surface area contributed by atoms with E-state index in [9.17, 15) is 5.11 Å². The molecule has 3 heteroatoms.